The van der Waals surface area contributed by atoms with Crippen molar-refractivity contribution in [1.82, 2.24) is 9.78 Å². The van der Waals surface area contributed by atoms with E-state index in [9.17, 15) is 4.79 Å². The standard InChI is InChI=1S/C11H17IN2O2/c1-4-6-7-16-11(15)10-9(12)8(3)13-14(10)5-2/h4-7H2,1-3H3. The summed E-state index contributed by atoms with van der Waals surface area (Å²) in [5.41, 5.74) is 1.46. The van der Waals surface area contributed by atoms with Gasteiger partial charge in [0.1, 0.15) is 0 Å². The Balaban J connectivity index is 2.81. The van der Waals surface area contributed by atoms with Crippen molar-refractivity contribution in [1.29, 1.82) is 0 Å². The molecular formula is C11H17IN2O2. The van der Waals surface area contributed by atoms with Gasteiger partial charge in [0.25, 0.3) is 0 Å². The van der Waals surface area contributed by atoms with Gasteiger partial charge in [-0.3, -0.25) is 4.68 Å². The van der Waals surface area contributed by atoms with E-state index in [0.29, 0.717) is 18.8 Å². The van der Waals surface area contributed by atoms with Gasteiger partial charge in [0.05, 0.1) is 15.9 Å². The summed E-state index contributed by atoms with van der Waals surface area (Å²) >= 11 is 2.14. The van der Waals surface area contributed by atoms with E-state index in [2.05, 4.69) is 34.6 Å². The van der Waals surface area contributed by atoms with Crippen LogP contribution in [0.2, 0.25) is 0 Å². The van der Waals surface area contributed by atoms with Crippen LogP contribution in [0.5, 0.6) is 0 Å². The predicted molar refractivity (Wildman–Crippen MR) is 70.5 cm³/mol. The highest BCUT2D eigenvalue weighted by Crippen LogP contribution is 2.17. The normalized spacial score (nSPS) is 10.5. The molecule has 0 aliphatic rings. The minimum atomic E-state index is -0.264. The third-order valence-corrected chi connectivity index (χ3v) is 3.57. The highest BCUT2D eigenvalue weighted by atomic mass is 127. The van der Waals surface area contributed by atoms with Crippen molar-refractivity contribution in [3.8, 4) is 0 Å². The molecule has 0 atom stereocenters. The lowest BCUT2D eigenvalue weighted by Gasteiger charge is -2.05. The lowest BCUT2D eigenvalue weighted by Crippen LogP contribution is -2.14. The number of hydrogen-bond donors (Lipinski definition) is 0. The van der Waals surface area contributed by atoms with Gasteiger partial charge >= 0.3 is 5.97 Å². The maximum absolute atomic E-state index is 11.8. The molecule has 1 heterocycles. The van der Waals surface area contributed by atoms with Crippen LogP contribution in [0.1, 0.15) is 42.9 Å². The molecule has 90 valence electrons. The molecule has 1 rings (SSSR count). The van der Waals surface area contributed by atoms with Crippen molar-refractivity contribution in [3.05, 3.63) is 15.0 Å². The van der Waals surface area contributed by atoms with Crippen LogP contribution in [0.25, 0.3) is 0 Å². The van der Waals surface area contributed by atoms with Crippen LogP contribution >= 0.6 is 22.6 Å². The van der Waals surface area contributed by atoms with E-state index in [1.54, 1.807) is 4.68 Å². The molecule has 0 saturated heterocycles. The quantitative estimate of drug-likeness (QED) is 0.472. The number of unbranched alkanes of at least 4 members (excludes halogenated alkanes) is 1. The monoisotopic (exact) mass is 336 g/mol. The van der Waals surface area contributed by atoms with Crippen molar-refractivity contribution < 1.29 is 9.53 Å². The number of hydrogen-bond acceptors (Lipinski definition) is 3. The largest absolute Gasteiger partial charge is 0.461 e. The molecule has 0 saturated carbocycles. The summed E-state index contributed by atoms with van der Waals surface area (Å²) in [7, 11) is 0. The van der Waals surface area contributed by atoms with E-state index in [-0.39, 0.29) is 5.97 Å². The van der Waals surface area contributed by atoms with Gasteiger partial charge in [-0.25, -0.2) is 4.79 Å². The predicted octanol–water partition coefficient (Wildman–Crippen LogP) is 2.77. The number of carbonyl (C=O) groups excluding carboxylic acids is 1. The van der Waals surface area contributed by atoms with Gasteiger partial charge in [-0.15, -0.1) is 0 Å². The Kier molecular flexibility index (Phi) is 5.24. The van der Waals surface area contributed by atoms with Crippen molar-refractivity contribution in [2.75, 3.05) is 6.61 Å². The molecule has 0 aliphatic heterocycles. The summed E-state index contributed by atoms with van der Waals surface area (Å²) < 4.78 is 7.79. The lowest BCUT2D eigenvalue weighted by molar-refractivity contribution is 0.0484. The number of rotatable bonds is 5. The third-order valence-electron chi connectivity index (χ3n) is 2.28. The fraction of sp³-hybridized carbons (Fsp3) is 0.636. The fourth-order valence-corrected chi connectivity index (χ4v) is 1.97. The first-order valence-electron chi connectivity index (χ1n) is 5.51. The first-order chi connectivity index (χ1) is 7.61. The van der Waals surface area contributed by atoms with E-state index < -0.39 is 0 Å². The highest BCUT2D eigenvalue weighted by molar-refractivity contribution is 14.1. The molecule has 5 heteroatoms. The number of ether oxygens (including phenoxy) is 1. The van der Waals surface area contributed by atoms with Crippen molar-refractivity contribution in [2.24, 2.45) is 0 Å². The van der Waals surface area contributed by atoms with Crippen molar-refractivity contribution in [2.45, 2.75) is 40.2 Å². The smallest absolute Gasteiger partial charge is 0.357 e. The average Bonchev–Trinajstić information content (AvgIpc) is 2.55. The number of nitrogens with zero attached hydrogens (tertiary/aromatic N) is 2. The summed E-state index contributed by atoms with van der Waals surface area (Å²) in [4.78, 5) is 11.8. The van der Waals surface area contributed by atoms with Gasteiger partial charge in [-0.1, -0.05) is 13.3 Å². The molecule has 0 aromatic carbocycles. The summed E-state index contributed by atoms with van der Waals surface area (Å²) in [6, 6.07) is 0. The van der Waals surface area contributed by atoms with Gasteiger partial charge in [0.2, 0.25) is 0 Å². The third kappa shape index (κ3) is 2.96. The molecule has 16 heavy (non-hydrogen) atoms. The van der Waals surface area contributed by atoms with E-state index in [0.717, 1.165) is 22.1 Å². The minimum Gasteiger partial charge on any atom is -0.461 e. The summed E-state index contributed by atoms with van der Waals surface area (Å²) in [5.74, 6) is -0.264. The average molecular weight is 336 g/mol. The molecule has 4 nitrogen and oxygen atoms in total. The summed E-state index contributed by atoms with van der Waals surface area (Å²) in [5, 5.41) is 4.29. The second-order valence-corrected chi connectivity index (χ2v) is 4.63. The molecule has 0 aliphatic carbocycles. The van der Waals surface area contributed by atoms with Gasteiger partial charge < -0.3 is 4.74 Å². The zero-order valence-corrected chi connectivity index (χ0v) is 12.1. The van der Waals surface area contributed by atoms with E-state index >= 15 is 0 Å². The van der Waals surface area contributed by atoms with E-state index in [1.807, 2.05) is 13.8 Å². The van der Waals surface area contributed by atoms with Gasteiger partial charge in [-0.2, -0.15) is 5.10 Å². The number of carbonyl (C=O) groups is 1. The van der Waals surface area contributed by atoms with Crippen LogP contribution in [-0.2, 0) is 11.3 Å². The Hall–Kier alpha value is -0.590. The Morgan fingerprint density at radius 1 is 1.50 bits per heavy atom. The van der Waals surface area contributed by atoms with Crippen LogP contribution in [0.4, 0.5) is 0 Å². The molecule has 0 spiro atoms. The Bertz CT molecular complexity index is 374. The van der Waals surface area contributed by atoms with Crippen LogP contribution in [0.3, 0.4) is 0 Å². The molecule has 0 amide bonds. The van der Waals surface area contributed by atoms with Gasteiger partial charge in [0, 0.05) is 6.54 Å². The summed E-state index contributed by atoms with van der Waals surface area (Å²) in [6.07, 6.45) is 1.93. The minimum absolute atomic E-state index is 0.264. The van der Waals surface area contributed by atoms with Gasteiger partial charge in [-0.05, 0) is 42.9 Å². The van der Waals surface area contributed by atoms with E-state index in [4.69, 9.17) is 4.74 Å². The second kappa shape index (κ2) is 6.22. The zero-order valence-electron chi connectivity index (χ0n) is 9.92. The number of esters is 1. The topological polar surface area (TPSA) is 44.1 Å². The molecular weight excluding hydrogens is 319 g/mol. The molecule has 0 fully saturated rings. The first kappa shape index (κ1) is 13.5. The number of aryl methyl sites for hydroxylation is 2. The van der Waals surface area contributed by atoms with Crippen molar-refractivity contribution >= 4 is 28.6 Å². The molecule has 0 radical (unpaired) electrons. The van der Waals surface area contributed by atoms with Crippen LogP contribution in [-0.4, -0.2) is 22.4 Å². The number of halogens is 1. The van der Waals surface area contributed by atoms with Crippen molar-refractivity contribution in [3.63, 3.8) is 0 Å². The summed E-state index contributed by atoms with van der Waals surface area (Å²) in [6.45, 7) is 7.10. The zero-order chi connectivity index (χ0) is 12.1. The van der Waals surface area contributed by atoms with Crippen LogP contribution in [0.15, 0.2) is 0 Å². The molecule has 0 unspecified atom stereocenters. The Morgan fingerprint density at radius 3 is 2.75 bits per heavy atom. The number of aromatic nitrogens is 2. The Labute approximate surface area is 109 Å². The molecule has 1 aromatic rings. The SMILES string of the molecule is CCCCOC(=O)c1c(I)c(C)nn1CC. The Morgan fingerprint density at radius 2 is 2.19 bits per heavy atom. The maximum Gasteiger partial charge on any atom is 0.357 e. The highest BCUT2D eigenvalue weighted by Gasteiger charge is 2.20. The van der Waals surface area contributed by atoms with E-state index in [1.165, 1.54) is 0 Å². The van der Waals surface area contributed by atoms with Crippen LogP contribution in [0, 0.1) is 10.5 Å². The maximum atomic E-state index is 11.8. The second-order valence-electron chi connectivity index (χ2n) is 3.55. The molecule has 0 bridgehead atoms. The molecule has 0 N–H and O–H groups in total. The first-order valence-corrected chi connectivity index (χ1v) is 6.59. The van der Waals surface area contributed by atoms with Gasteiger partial charge in [0.15, 0.2) is 5.69 Å². The molecule has 1 aromatic heterocycles. The lowest BCUT2D eigenvalue weighted by atomic mass is 10.3. The fourth-order valence-electron chi connectivity index (χ4n) is 1.36. The van der Waals surface area contributed by atoms with Crippen LogP contribution < -0.4 is 0 Å².